The van der Waals surface area contributed by atoms with Gasteiger partial charge in [-0.25, -0.2) is 0 Å². The number of rotatable bonds is 6. The summed E-state index contributed by atoms with van der Waals surface area (Å²) in [6.45, 7) is 3.31. The van der Waals surface area contributed by atoms with Gasteiger partial charge in [0, 0.05) is 16.9 Å². The molecule has 1 unspecified atom stereocenters. The molecule has 27 heavy (non-hydrogen) atoms. The maximum absolute atomic E-state index is 13.3. The van der Waals surface area contributed by atoms with E-state index in [1.807, 2.05) is 85.8 Å². The molecular weight excluding hydrogens is 338 g/mol. The zero-order chi connectivity index (χ0) is 18.6. The number of benzene rings is 3. The third-order valence-corrected chi connectivity index (χ3v) is 4.42. The lowest BCUT2D eigenvalue weighted by Crippen LogP contribution is -2.26. The van der Waals surface area contributed by atoms with Crippen molar-refractivity contribution < 1.29 is 14.3 Å². The van der Waals surface area contributed by atoms with Gasteiger partial charge in [-0.1, -0.05) is 35.9 Å². The van der Waals surface area contributed by atoms with E-state index < -0.39 is 0 Å². The van der Waals surface area contributed by atoms with Gasteiger partial charge in [-0.2, -0.15) is 0 Å². The van der Waals surface area contributed by atoms with Crippen molar-refractivity contribution in [3.8, 4) is 5.75 Å². The molecule has 1 amide bonds. The summed E-state index contributed by atoms with van der Waals surface area (Å²) >= 11 is 0. The van der Waals surface area contributed by atoms with Gasteiger partial charge in [0.1, 0.15) is 18.5 Å². The minimum absolute atomic E-state index is 0.0649. The van der Waals surface area contributed by atoms with Gasteiger partial charge in [-0.15, -0.1) is 0 Å². The van der Waals surface area contributed by atoms with E-state index in [1.54, 1.807) is 4.90 Å². The third-order valence-electron chi connectivity index (χ3n) is 4.42. The quantitative estimate of drug-likeness (QED) is 0.597. The second-order valence-electron chi connectivity index (χ2n) is 6.61. The van der Waals surface area contributed by atoms with E-state index in [1.165, 1.54) is 0 Å². The van der Waals surface area contributed by atoms with Gasteiger partial charge in [-0.3, -0.25) is 9.69 Å². The van der Waals surface area contributed by atoms with Crippen LogP contribution >= 0.6 is 0 Å². The average molecular weight is 359 g/mol. The molecular formula is C23H21NO3. The van der Waals surface area contributed by atoms with Gasteiger partial charge in [-0.05, 0) is 55.5 Å². The number of ether oxygens (including phenoxy) is 2. The molecule has 1 atom stereocenters. The molecule has 4 rings (SSSR count). The lowest BCUT2D eigenvalue weighted by molar-refractivity contribution is 0.0999. The highest BCUT2D eigenvalue weighted by Crippen LogP contribution is 2.29. The Morgan fingerprint density at radius 1 is 1.00 bits per heavy atom. The van der Waals surface area contributed by atoms with Crippen molar-refractivity contribution in [2.24, 2.45) is 0 Å². The summed E-state index contributed by atoms with van der Waals surface area (Å²) in [5.74, 6) is 0.704. The highest BCUT2D eigenvalue weighted by atomic mass is 16.6. The van der Waals surface area contributed by atoms with Gasteiger partial charge in [0.25, 0.3) is 5.91 Å². The molecule has 0 aromatic heterocycles. The molecule has 3 aromatic carbocycles. The van der Waals surface area contributed by atoms with Crippen LogP contribution < -0.4 is 9.64 Å². The first-order valence-electron chi connectivity index (χ1n) is 9.01. The smallest absolute Gasteiger partial charge is 0.262 e. The van der Waals surface area contributed by atoms with Gasteiger partial charge in [0.15, 0.2) is 0 Å². The van der Waals surface area contributed by atoms with Crippen molar-refractivity contribution in [1.29, 1.82) is 0 Å². The fraction of sp³-hybridized carbons (Fsp3) is 0.174. The predicted molar refractivity (Wildman–Crippen MR) is 106 cm³/mol. The van der Waals surface area contributed by atoms with Crippen molar-refractivity contribution in [2.45, 2.75) is 13.0 Å². The summed E-state index contributed by atoms with van der Waals surface area (Å²) in [6.07, 6.45) is 0.216. The molecule has 3 aromatic rings. The Hall–Kier alpha value is -3.11. The summed E-state index contributed by atoms with van der Waals surface area (Å²) in [5.41, 5.74) is 3.33. The Morgan fingerprint density at radius 2 is 1.70 bits per heavy atom. The van der Waals surface area contributed by atoms with E-state index >= 15 is 0 Å². The number of carbonyl (C=O) groups is 1. The number of aryl methyl sites for hydroxylation is 1. The van der Waals surface area contributed by atoms with Crippen LogP contribution in [0.1, 0.15) is 15.9 Å². The molecule has 0 aliphatic carbocycles. The zero-order valence-electron chi connectivity index (χ0n) is 15.2. The predicted octanol–water partition coefficient (Wildman–Crippen LogP) is 4.75. The van der Waals surface area contributed by atoms with E-state index in [0.717, 1.165) is 29.3 Å². The Labute approximate surface area is 159 Å². The molecule has 1 saturated heterocycles. The second kappa shape index (κ2) is 7.64. The van der Waals surface area contributed by atoms with E-state index in [4.69, 9.17) is 9.47 Å². The molecule has 0 spiro atoms. The number of para-hydroxylation sites is 1. The van der Waals surface area contributed by atoms with Crippen molar-refractivity contribution >= 4 is 17.3 Å². The number of amides is 1. The molecule has 1 aliphatic rings. The Bertz CT molecular complexity index is 918. The third kappa shape index (κ3) is 4.18. The molecule has 0 bridgehead atoms. The van der Waals surface area contributed by atoms with Crippen molar-refractivity contribution in [3.63, 3.8) is 0 Å². The van der Waals surface area contributed by atoms with Crippen molar-refractivity contribution in [2.75, 3.05) is 18.1 Å². The molecule has 1 fully saturated rings. The molecule has 0 radical (unpaired) electrons. The Kier molecular flexibility index (Phi) is 4.90. The lowest BCUT2D eigenvalue weighted by Gasteiger charge is -2.23. The van der Waals surface area contributed by atoms with Gasteiger partial charge in [0.05, 0.1) is 6.61 Å². The molecule has 4 heteroatoms. The van der Waals surface area contributed by atoms with E-state index in [2.05, 4.69) is 0 Å². The summed E-state index contributed by atoms with van der Waals surface area (Å²) in [5, 5.41) is 0. The fourth-order valence-electron chi connectivity index (χ4n) is 2.91. The summed E-state index contributed by atoms with van der Waals surface area (Å²) < 4.78 is 10.9. The zero-order valence-corrected chi connectivity index (χ0v) is 15.2. The van der Waals surface area contributed by atoms with E-state index in [-0.39, 0.29) is 12.0 Å². The minimum atomic E-state index is -0.0649. The molecule has 1 aliphatic heterocycles. The average Bonchev–Trinajstić information content (AvgIpc) is 3.53. The minimum Gasteiger partial charge on any atom is -0.491 e. The Balaban J connectivity index is 1.64. The highest BCUT2D eigenvalue weighted by molar-refractivity contribution is 6.11. The maximum Gasteiger partial charge on any atom is 0.262 e. The van der Waals surface area contributed by atoms with Gasteiger partial charge < -0.3 is 9.47 Å². The van der Waals surface area contributed by atoms with Crippen LogP contribution in [-0.2, 0) is 4.74 Å². The summed E-state index contributed by atoms with van der Waals surface area (Å²) in [4.78, 5) is 15.0. The van der Waals surface area contributed by atoms with Crippen LogP contribution in [-0.4, -0.2) is 25.2 Å². The van der Waals surface area contributed by atoms with Gasteiger partial charge in [0.2, 0.25) is 0 Å². The molecule has 0 N–H and O–H groups in total. The number of hydrogen-bond acceptors (Lipinski definition) is 3. The second-order valence-corrected chi connectivity index (χ2v) is 6.61. The molecule has 4 nitrogen and oxygen atoms in total. The van der Waals surface area contributed by atoms with Crippen LogP contribution in [0.25, 0.3) is 0 Å². The summed E-state index contributed by atoms with van der Waals surface area (Å²) in [7, 11) is 0. The van der Waals surface area contributed by atoms with Crippen molar-refractivity contribution in [3.05, 3.63) is 90.0 Å². The van der Waals surface area contributed by atoms with E-state index in [9.17, 15) is 4.79 Å². The van der Waals surface area contributed by atoms with Gasteiger partial charge >= 0.3 is 0 Å². The monoisotopic (exact) mass is 359 g/mol. The lowest BCUT2D eigenvalue weighted by atomic mass is 10.1. The first kappa shape index (κ1) is 17.3. The molecule has 1 heterocycles. The van der Waals surface area contributed by atoms with Crippen LogP contribution in [0.4, 0.5) is 11.4 Å². The van der Waals surface area contributed by atoms with Crippen LogP contribution in [0.5, 0.6) is 5.75 Å². The molecule has 0 saturated carbocycles. The SMILES string of the molecule is Cc1cccc(C(=O)N(c2ccccc2)c2ccc(OCC3CO3)cc2)c1. The number of nitrogens with zero attached hydrogens (tertiary/aromatic N) is 1. The standard InChI is InChI=1S/C23H21NO3/c1-17-6-5-7-18(14-17)23(25)24(19-8-3-2-4-9-19)20-10-12-21(13-11-20)26-15-22-16-27-22/h2-14,22H,15-16H2,1H3. The number of epoxide rings is 1. The van der Waals surface area contributed by atoms with Crippen LogP contribution in [0.3, 0.4) is 0 Å². The Morgan fingerprint density at radius 3 is 2.37 bits per heavy atom. The van der Waals surface area contributed by atoms with Crippen LogP contribution in [0.15, 0.2) is 78.9 Å². The normalized spacial score (nSPS) is 15.2. The largest absolute Gasteiger partial charge is 0.491 e. The fourth-order valence-corrected chi connectivity index (χ4v) is 2.91. The van der Waals surface area contributed by atoms with Crippen LogP contribution in [0.2, 0.25) is 0 Å². The van der Waals surface area contributed by atoms with Crippen LogP contribution in [0, 0.1) is 6.92 Å². The van der Waals surface area contributed by atoms with Crippen molar-refractivity contribution in [1.82, 2.24) is 0 Å². The first-order chi connectivity index (χ1) is 13.2. The maximum atomic E-state index is 13.3. The van der Waals surface area contributed by atoms with E-state index in [0.29, 0.717) is 12.2 Å². The number of hydrogen-bond donors (Lipinski definition) is 0. The first-order valence-corrected chi connectivity index (χ1v) is 9.01. The highest BCUT2D eigenvalue weighted by Gasteiger charge is 2.23. The summed E-state index contributed by atoms with van der Waals surface area (Å²) in [6, 6.07) is 24.9. The topological polar surface area (TPSA) is 42.1 Å². The molecule has 136 valence electrons. The number of anilines is 2. The number of carbonyl (C=O) groups excluding carboxylic acids is 1.